The van der Waals surface area contributed by atoms with Crippen LogP contribution in [0.4, 0.5) is 5.69 Å². The van der Waals surface area contributed by atoms with Crippen molar-refractivity contribution < 1.29 is 9.47 Å². The molecule has 1 atom stereocenters. The average molecular weight is 422 g/mol. The van der Waals surface area contributed by atoms with Crippen molar-refractivity contribution in [3.05, 3.63) is 40.1 Å². The van der Waals surface area contributed by atoms with Gasteiger partial charge in [-0.3, -0.25) is 4.79 Å². The zero-order chi connectivity index (χ0) is 22.0. The maximum absolute atomic E-state index is 12.9. The first kappa shape index (κ1) is 20.9. The van der Waals surface area contributed by atoms with Gasteiger partial charge in [-0.25, -0.2) is 9.50 Å². The third kappa shape index (κ3) is 3.86. The largest absolute Gasteiger partial charge is 0.493 e. The van der Waals surface area contributed by atoms with Crippen molar-refractivity contribution in [1.82, 2.24) is 19.6 Å². The predicted molar refractivity (Wildman–Crippen MR) is 116 cm³/mol. The van der Waals surface area contributed by atoms with E-state index in [2.05, 4.69) is 28.3 Å². The Morgan fingerprint density at radius 3 is 2.94 bits per heavy atom. The van der Waals surface area contributed by atoms with E-state index in [9.17, 15) is 10.1 Å². The highest BCUT2D eigenvalue weighted by Crippen LogP contribution is 2.33. The number of imidazole rings is 1. The summed E-state index contributed by atoms with van der Waals surface area (Å²) in [6.45, 7) is 7.09. The van der Waals surface area contributed by atoms with Crippen LogP contribution < -0.4 is 15.6 Å². The van der Waals surface area contributed by atoms with Crippen LogP contribution in [0.5, 0.6) is 5.75 Å². The molecule has 31 heavy (non-hydrogen) atoms. The first-order valence-corrected chi connectivity index (χ1v) is 10.5. The van der Waals surface area contributed by atoms with Gasteiger partial charge in [0.1, 0.15) is 11.6 Å². The smallest absolute Gasteiger partial charge is 0.277 e. The molecule has 1 aliphatic heterocycles. The quantitative estimate of drug-likeness (QED) is 0.601. The standard InChI is InChI=1S/C22H26N6O3/c1-4-6-18-24-14(3)19-21(29)25-20(27-28(18)19)16-11-15(7-8-17(16)31-5-2)26-22(12-23)9-10-30-13-22/h7-8,11,26H,4-6,9-10,13H2,1-3H3,(H,25,27,29). The molecule has 3 aromatic rings. The molecular formula is C22H26N6O3. The van der Waals surface area contributed by atoms with E-state index in [0.717, 1.165) is 24.4 Å². The number of hydrogen-bond acceptors (Lipinski definition) is 7. The van der Waals surface area contributed by atoms with Gasteiger partial charge in [-0.05, 0) is 38.5 Å². The van der Waals surface area contributed by atoms with Crippen molar-refractivity contribution in [3.8, 4) is 23.2 Å². The van der Waals surface area contributed by atoms with E-state index in [1.165, 1.54) is 0 Å². The van der Waals surface area contributed by atoms with Crippen LogP contribution in [-0.2, 0) is 11.2 Å². The lowest BCUT2D eigenvalue weighted by atomic mass is 10.00. The lowest BCUT2D eigenvalue weighted by molar-refractivity contribution is 0.189. The third-order valence-electron chi connectivity index (χ3n) is 5.37. The van der Waals surface area contributed by atoms with Gasteiger partial charge in [0, 0.05) is 18.5 Å². The first-order valence-electron chi connectivity index (χ1n) is 10.5. The highest BCUT2D eigenvalue weighted by molar-refractivity contribution is 5.71. The number of ether oxygens (including phenoxy) is 2. The summed E-state index contributed by atoms with van der Waals surface area (Å²) in [5.74, 6) is 1.73. The van der Waals surface area contributed by atoms with Crippen molar-refractivity contribution in [3.63, 3.8) is 0 Å². The summed E-state index contributed by atoms with van der Waals surface area (Å²) in [5, 5.41) is 17.6. The van der Waals surface area contributed by atoms with E-state index >= 15 is 0 Å². The van der Waals surface area contributed by atoms with Gasteiger partial charge >= 0.3 is 0 Å². The Balaban J connectivity index is 1.84. The molecule has 9 heteroatoms. The summed E-state index contributed by atoms with van der Waals surface area (Å²) in [4.78, 5) is 20.3. The number of anilines is 1. The van der Waals surface area contributed by atoms with Gasteiger partial charge in [-0.1, -0.05) is 6.92 Å². The van der Waals surface area contributed by atoms with Gasteiger partial charge in [-0.2, -0.15) is 5.26 Å². The zero-order valence-corrected chi connectivity index (χ0v) is 18.0. The predicted octanol–water partition coefficient (Wildman–Crippen LogP) is 2.84. The Morgan fingerprint density at radius 1 is 1.42 bits per heavy atom. The molecule has 0 amide bonds. The second kappa shape index (κ2) is 8.40. The zero-order valence-electron chi connectivity index (χ0n) is 18.0. The molecule has 2 aromatic heterocycles. The van der Waals surface area contributed by atoms with E-state index in [0.29, 0.717) is 54.6 Å². The summed E-state index contributed by atoms with van der Waals surface area (Å²) in [6.07, 6.45) is 2.21. The molecule has 162 valence electrons. The second-order valence-electron chi connectivity index (χ2n) is 7.69. The highest BCUT2D eigenvalue weighted by Gasteiger charge is 2.35. The fourth-order valence-corrected chi connectivity index (χ4v) is 3.87. The molecule has 0 radical (unpaired) electrons. The summed E-state index contributed by atoms with van der Waals surface area (Å²) >= 11 is 0. The van der Waals surface area contributed by atoms with E-state index in [-0.39, 0.29) is 5.56 Å². The number of rotatable bonds is 7. The molecule has 1 aliphatic rings. The van der Waals surface area contributed by atoms with E-state index in [4.69, 9.17) is 14.6 Å². The van der Waals surface area contributed by atoms with Crippen LogP contribution in [0.3, 0.4) is 0 Å². The van der Waals surface area contributed by atoms with Crippen molar-refractivity contribution in [2.24, 2.45) is 0 Å². The number of hydrogen-bond donors (Lipinski definition) is 2. The molecule has 0 aliphatic carbocycles. The molecule has 0 spiro atoms. The number of aryl methyl sites for hydroxylation is 2. The molecule has 0 bridgehead atoms. The number of aromatic amines is 1. The average Bonchev–Trinajstić information content (AvgIpc) is 3.35. The molecule has 1 aromatic carbocycles. The molecule has 1 saturated heterocycles. The van der Waals surface area contributed by atoms with E-state index < -0.39 is 5.54 Å². The topological polar surface area (TPSA) is 117 Å². The lowest BCUT2D eigenvalue weighted by Gasteiger charge is -2.22. The Hall–Kier alpha value is -3.38. The van der Waals surface area contributed by atoms with Gasteiger partial charge < -0.3 is 19.8 Å². The van der Waals surface area contributed by atoms with Crippen LogP contribution >= 0.6 is 0 Å². The summed E-state index contributed by atoms with van der Waals surface area (Å²) in [5.41, 5.74) is 1.43. The van der Waals surface area contributed by atoms with Gasteiger partial charge in [0.2, 0.25) is 0 Å². The minimum absolute atomic E-state index is 0.254. The molecule has 0 saturated carbocycles. The Morgan fingerprint density at radius 2 is 2.26 bits per heavy atom. The summed E-state index contributed by atoms with van der Waals surface area (Å²) < 4.78 is 12.9. The van der Waals surface area contributed by atoms with Crippen molar-refractivity contribution in [2.75, 3.05) is 25.1 Å². The molecule has 2 N–H and O–H groups in total. The SMILES string of the molecule is CCCc1nc(C)c2c(=O)[nH]c(-c3cc(NC4(C#N)CCOC4)ccc3OCC)nn12. The molecule has 1 unspecified atom stereocenters. The van der Waals surface area contributed by atoms with Crippen LogP contribution in [0.2, 0.25) is 0 Å². The molecule has 4 rings (SSSR count). The van der Waals surface area contributed by atoms with E-state index in [1.807, 2.05) is 32.0 Å². The van der Waals surface area contributed by atoms with Gasteiger partial charge in [-0.15, -0.1) is 5.10 Å². The number of aromatic nitrogens is 4. The molecular weight excluding hydrogens is 396 g/mol. The molecule has 9 nitrogen and oxygen atoms in total. The van der Waals surface area contributed by atoms with Crippen molar-refractivity contribution >= 4 is 11.2 Å². The Labute approximate surface area is 180 Å². The second-order valence-corrected chi connectivity index (χ2v) is 7.69. The lowest BCUT2D eigenvalue weighted by Crippen LogP contribution is -2.37. The van der Waals surface area contributed by atoms with Gasteiger partial charge in [0.15, 0.2) is 16.9 Å². The minimum atomic E-state index is -0.773. The Bertz CT molecular complexity index is 1200. The van der Waals surface area contributed by atoms with Crippen molar-refractivity contribution in [1.29, 1.82) is 5.26 Å². The highest BCUT2D eigenvalue weighted by atomic mass is 16.5. The van der Waals surface area contributed by atoms with Crippen LogP contribution in [0.15, 0.2) is 23.0 Å². The number of nitrogens with zero attached hydrogens (tertiary/aromatic N) is 4. The Kier molecular flexibility index (Phi) is 5.65. The minimum Gasteiger partial charge on any atom is -0.493 e. The number of nitriles is 1. The normalized spacial score (nSPS) is 18.3. The first-order chi connectivity index (χ1) is 15.0. The summed E-state index contributed by atoms with van der Waals surface area (Å²) in [6, 6.07) is 7.84. The van der Waals surface area contributed by atoms with Crippen LogP contribution in [0.25, 0.3) is 16.9 Å². The number of H-pyrrole nitrogens is 1. The fraction of sp³-hybridized carbons (Fsp3) is 0.455. The van der Waals surface area contributed by atoms with Crippen LogP contribution in [-0.4, -0.2) is 44.9 Å². The van der Waals surface area contributed by atoms with Crippen molar-refractivity contribution in [2.45, 2.75) is 45.6 Å². The number of fused-ring (bicyclic) bond motifs is 1. The van der Waals surface area contributed by atoms with E-state index in [1.54, 1.807) is 4.52 Å². The molecule has 3 heterocycles. The number of benzene rings is 1. The third-order valence-corrected chi connectivity index (χ3v) is 5.37. The fourth-order valence-electron chi connectivity index (χ4n) is 3.87. The van der Waals surface area contributed by atoms with Crippen LogP contribution in [0, 0.1) is 18.3 Å². The monoisotopic (exact) mass is 422 g/mol. The van der Waals surface area contributed by atoms with Crippen LogP contribution in [0.1, 0.15) is 38.2 Å². The van der Waals surface area contributed by atoms with Gasteiger partial charge in [0.25, 0.3) is 5.56 Å². The number of nitrogens with one attached hydrogen (secondary N) is 2. The maximum atomic E-state index is 12.9. The van der Waals surface area contributed by atoms with Gasteiger partial charge in [0.05, 0.1) is 37.1 Å². The molecule has 1 fully saturated rings. The maximum Gasteiger partial charge on any atom is 0.277 e. The summed E-state index contributed by atoms with van der Waals surface area (Å²) in [7, 11) is 0.